The SMILES string of the molecule is CCCNC(=O)c1nc(C(=O)Nc2c(Cl)cccc2Cl)c2ccccn12. The van der Waals surface area contributed by atoms with E-state index in [1.54, 1.807) is 47.0 Å². The van der Waals surface area contributed by atoms with Crippen LogP contribution in [0.2, 0.25) is 10.0 Å². The van der Waals surface area contributed by atoms with E-state index in [9.17, 15) is 9.59 Å². The van der Waals surface area contributed by atoms with Gasteiger partial charge < -0.3 is 10.6 Å². The van der Waals surface area contributed by atoms with Crippen molar-refractivity contribution in [2.75, 3.05) is 11.9 Å². The Morgan fingerprint density at radius 1 is 1.08 bits per heavy atom. The highest BCUT2D eigenvalue weighted by Crippen LogP contribution is 2.30. The number of nitrogens with zero attached hydrogens (tertiary/aromatic N) is 2. The van der Waals surface area contributed by atoms with Crippen molar-refractivity contribution in [1.29, 1.82) is 0 Å². The first-order valence-electron chi connectivity index (χ1n) is 8.03. The predicted molar refractivity (Wildman–Crippen MR) is 102 cm³/mol. The number of hydrogen-bond donors (Lipinski definition) is 2. The molecule has 2 heterocycles. The lowest BCUT2D eigenvalue weighted by atomic mass is 10.2. The fraction of sp³-hybridized carbons (Fsp3) is 0.167. The van der Waals surface area contributed by atoms with E-state index in [2.05, 4.69) is 15.6 Å². The highest BCUT2D eigenvalue weighted by molar-refractivity contribution is 6.40. The monoisotopic (exact) mass is 390 g/mol. The quantitative estimate of drug-likeness (QED) is 0.690. The fourth-order valence-electron chi connectivity index (χ4n) is 2.47. The summed E-state index contributed by atoms with van der Waals surface area (Å²) in [4.78, 5) is 29.3. The summed E-state index contributed by atoms with van der Waals surface area (Å²) < 4.78 is 1.58. The van der Waals surface area contributed by atoms with E-state index >= 15 is 0 Å². The van der Waals surface area contributed by atoms with E-state index in [0.29, 0.717) is 27.8 Å². The topological polar surface area (TPSA) is 75.5 Å². The molecule has 0 unspecified atom stereocenters. The summed E-state index contributed by atoms with van der Waals surface area (Å²) in [6, 6.07) is 10.2. The molecular weight excluding hydrogens is 375 g/mol. The van der Waals surface area contributed by atoms with Gasteiger partial charge in [0.15, 0.2) is 5.69 Å². The van der Waals surface area contributed by atoms with Gasteiger partial charge in [-0.25, -0.2) is 4.98 Å². The number of aromatic nitrogens is 2. The summed E-state index contributed by atoms with van der Waals surface area (Å²) in [5.41, 5.74) is 0.924. The van der Waals surface area contributed by atoms with Gasteiger partial charge in [0.05, 0.1) is 21.2 Å². The van der Waals surface area contributed by atoms with Crippen LogP contribution in [0.5, 0.6) is 0 Å². The molecule has 0 bridgehead atoms. The highest BCUT2D eigenvalue weighted by Gasteiger charge is 2.22. The fourth-order valence-corrected chi connectivity index (χ4v) is 2.96. The molecule has 26 heavy (non-hydrogen) atoms. The maximum atomic E-state index is 12.7. The van der Waals surface area contributed by atoms with E-state index in [1.807, 2.05) is 6.92 Å². The largest absolute Gasteiger partial charge is 0.349 e. The normalized spacial score (nSPS) is 10.7. The van der Waals surface area contributed by atoms with Crippen molar-refractivity contribution >= 4 is 46.2 Å². The average Bonchev–Trinajstić information content (AvgIpc) is 3.02. The number of carbonyl (C=O) groups is 2. The number of hydrogen-bond acceptors (Lipinski definition) is 3. The lowest BCUT2D eigenvalue weighted by molar-refractivity contribution is 0.0942. The molecule has 0 radical (unpaired) electrons. The Labute approximate surface area is 160 Å². The number of fused-ring (bicyclic) bond motifs is 1. The Balaban J connectivity index is 2.00. The standard InChI is InChI=1S/C18H16Cl2N4O2/c1-2-9-21-18(26)16-22-15(13-8-3-4-10-24(13)16)17(25)23-14-11(19)6-5-7-12(14)20/h3-8,10H,2,9H2,1H3,(H,21,26)(H,23,25). The number of halogens is 2. The number of carbonyl (C=O) groups excluding carboxylic acids is 2. The molecule has 2 amide bonds. The van der Waals surface area contributed by atoms with Gasteiger partial charge in [-0.2, -0.15) is 0 Å². The van der Waals surface area contributed by atoms with E-state index in [-0.39, 0.29) is 17.4 Å². The van der Waals surface area contributed by atoms with Gasteiger partial charge in [-0.15, -0.1) is 0 Å². The second-order valence-corrected chi connectivity index (χ2v) is 6.36. The Morgan fingerprint density at radius 3 is 2.50 bits per heavy atom. The lowest BCUT2D eigenvalue weighted by Gasteiger charge is -2.07. The molecule has 1 aromatic carbocycles. The van der Waals surface area contributed by atoms with Gasteiger partial charge in [0, 0.05) is 12.7 Å². The summed E-state index contributed by atoms with van der Waals surface area (Å²) >= 11 is 12.2. The van der Waals surface area contributed by atoms with Crippen molar-refractivity contribution in [3.8, 4) is 0 Å². The lowest BCUT2D eigenvalue weighted by Crippen LogP contribution is -2.26. The number of para-hydroxylation sites is 1. The number of anilines is 1. The van der Waals surface area contributed by atoms with Crippen LogP contribution in [0.25, 0.3) is 5.52 Å². The van der Waals surface area contributed by atoms with Crippen LogP contribution in [0.1, 0.15) is 34.5 Å². The van der Waals surface area contributed by atoms with Crippen LogP contribution < -0.4 is 10.6 Å². The number of amides is 2. The number of benzene rings is 1. The zero-order valence-corrected chi connectivity index (χ0v) is 15.4. The molecule has 8 heteroatoms. The summed E-state index contributed by atoms with van der Waals surface area (Å²) in [7, 11) is 0. The summed E-state index contributed by atoms with van der Waals surface area (Å²) in [5, 5.41) is 6.07. The maximum absolute atomic E-state index is 12.7. The van der Waals surface area contributed by atoms with E-state index in [4.69, 9.17) is 23.2 Å². The zero-order chi connectivity index (χ0) is 18.7. The summed E-state index contributed by atoms with van der Waals surface area (Å²) in [6.45, 7) is 2.48. The predicted octanol–water partition coefficient (Wildman–Crippen LogP) is 4.03. The van der Waals surface area contributed by atoms with Crippen molar-refractivity contribution in [3.63, 3.8) is 0 Å². The molecule has 6 nitrogen and oxygen atoms in total. The van der Waals surface area contributed by atoms with Gasteiger partial charge in [-0.3, -0.25) is 14.0 Å². The molecule has 2 N–H and O–H groups in total. The second-order valence-electron chi connectivity index (χ2n) is 5.55. The molecule has 0 atom stereocenters. The zero-order valence-electron chi connectivity index (χ0n) is 13.9. The van der Waals surface area contributed by atoms with Gasteiger partial charge in [-0.05, 0) is 30.7 Å². The molecular formula is C18H16Cl2N4O2. The van der Waals surface area contributed by atoms with Crippen molar-refractivity contribution in [2.24, 2.45) is 0 Å². The number of nitrogens with one attached hydrogen (secondary N) is 2. The Bertz CT molecular complexity index is 964. The average molecular weight is 391 g/mol. The molecule has 0 aliphatic carbocycles. The summed E-state index contributed by atoms with van der Waals surface area (Å²) in [5.74, 6) is -0.703. The van der Waals surface area contributed by atoms with Crippen molar-refractivity contribution < 1.29 is 9.59 Å². The molecule has 0 spiro atoms. The number of imidazole rings is 1. The molecule has 134 valence electrons. The molecule has 3 rings (SSSR count). The van der Waals surface area contributed by atoms with E-state index in [1.165, 1.54) is 0 Å². The minimum Gasteiger partial charge on any atom is -0.349 e. The third-order valence-corrected chi connectivity index (χ3v) is 4.33. The van der Waals surface area contributed by atoms with E-state index in [0.717, 1.165) is 6.42 Å². The van der Waals surface area contributed by atoms with Gasteiger partial charge in [-0.1, -0.05) is 42.3 Å². The molecule has 0 fully saturated rings. The first-order chi connectivity index (χ1) is 12.5. The molecule has 0 aliphatic heterocycles. The molecule has 2 aromatic heterocycles. The maximum Gasteiger partial charge on any atom is 0.287 e. The van der Waals surface area contributed by atoms with Gasteiger partial charge in [0.1, 0.15) is 0 Å². The first-order valence-corrected chi connectivity index (χ1v) is 8.79. The van der Waals surface area contributed by atoms with Crippen molar-refractivity contribution in [2.45, 2.75) is 13.3 Å². The van der Waals surface area contributed by atoms with Crippen molar-refractivity contribution in [3.05, 3.63) is 64.2 Å². The van der Waals surface area contributed by atoms with Crippen LogP contribution >= 0.6 is 23.2 Å². The van der Waals surface area contributed by atoms with Crippen LogP contribution in [0.15, 0.2) is 42.6 Å². The van der Waals surface area contributed by atoms with Crippen LogP contribution in [-0.2, 0) is 0 Å². The third kappa shape index (κ3) is 3.52. The smallest absolute Gasteiger partial charge is 0.287 e. The Kier molecular flexibility index (Phi) is 5.44. The van der Waals surface area contributed by atoms with E-state index < -0.39 is 5.91 Å². The minimum absolute atomic E-state index is 0.114. The highest BCUT2D eigenvalue weighted by atomic mass is 35.5. The number of rotatable bonds is 5. The van der Waals surface area contributed by atoms with Crippen LogP contribution in [0.3, 0.4) is 0 Å². The molecule has 0 aliphatic rings. The van der Waals surface area contributed by atoms with Gasteiger partial charge in [0.25, 0.3) is 11.8 Å². The molecule has 0 saturated heterocycles. The van der Waals surface area contributed by atoms with Crippen LogP contribution in [-0.4, -0.2) is 27.7 Å². The molecule has 3 aromatic rings. The second kappa shape index (κ2) is 7.76. The number of pyridine rings is 1. The Hall–Kier alpha value is -2.57. The first kappa shape index (κ1) is 18.2. The Morgan fingerprint density at radius 2 is 1.81 bits per heavy atom. The van der Waals surface area contributed by atoms with Crippen LogP contribution in [0, 0.1) is 0 Å². The minimum atomic E-state index is -0.502. The molecule has 0 saturated carbocycles. The summed E-state index contributed by atoms with van der Waals surface area (Å²) in [6.07, 6.45) is 2.48. The van der Waals surface area contributed by atoms with Gasteiger partial charge in [0.2, 0.25) is 5.82 Å². The third-order valence-electron chi connectivity index (χ3n) is 3.70. The van der Waals surface area contributed by atoms with Gasteiger partial charge >= 0.3 is 0 Å². The van der Waals surface area contributed by atoms with Crippen molar-refractivity contribution in [1.82, 2.24) is 14.7 Å². The van der Waals surface area contributed by atoms with Crippen LogP contribution in [0.4, 0.5) is 5.69 Å².